The summed E-state index contributed by atoms with van der Waals surface area (Å²) >= 11 is 17.5. The van der Waals surface area contributed by atoms with Gasteiger partial charge >= 0.3 is 18.4 Å². The number of carbonyl (C=O) groups excluding carboxylic acids is 2. The number of alkyl halides is 6. The van der Waals surface area contributed by atoms with E-state index < -0.39 is 52.5 Å². The van der Waals surface area contributed by atoms with E-state index in [9.17, 15) is 35.9 Å². The molecule has 0 aliphatic rings. The number of alkyl carbamates (subject to hydrolysis) is 1. The minimum Gasteiger partial charge on any atom is -0.444 e. The van der Waals surface area contributed by atoms with Gasteiger partial charge in [0.05, 0.1) is 37.7 Å². The lowest BCUT2D eigenvalue weighted by atomic mass is 9.95. The first-order valence-corrected chi connectivity index (χ1v) is 13.0. The monoisotopic (exact) mass is 646 g/mol. The van der Waals surface area contributed by atoms with Crippen molar-refractivity contribution in [1.29, 1.82) is 0 Å². The van der Waals surface area contributed by atoms with Gasteiger partial charge in [-0.3, -0.25) is 4.79 Å². The molecule has 41 heavy (non-hydrogen) atoms. The van der Waals surface area contributed by atoms with E-state index in [2.05, 4.69) is 10.6 Å². The molecule has 5 nitrogen and oxygen atoms in total. The lowest BCUT2D eigenvalue weighted by Crippen LogP contribution is -2.52. The lowest BCUT2D eigenvalue weighted by Gasteiger charge is -2.28. The van der Waals surface area contributed by atoms with Crippen molar-refractivity contribution in [2.45, 2.75) is 64.0 Å². The van der Waals surface area contributed by atoms with Gasteiger partial charge in [-0.15, -0.1) is 0 Å². The average molecular weight is 648 g/mol. The number of nitrogens with one attached hydrogen (secondary N) is 2. The number of carbonyl (C=O) groups is 2. The molecule has 2 amide bonds. The van der Waals surface area contributed by atoms with Crippen LogP contribution in [0.25, 0.3) is 6.08 Å². The SMILES string of the molecule is CC(C)(CNC(=O)OC(C)(C)C)NC(=O)c1ccc(C=CC(c2cc(Cl)c(Cl)c(Cl)c2)C(F)(F)F)cc1C(F)(F)F. The van der Waals surface area contributed by atoms with Crippen molar-refractivity contribution >= 4 is 52.9 Å². The van der Waals surface area contributed by atoms with Gasteiger partial charge in [0, 0.05) is 6.54 Å². The van der Waals surface area contributed by atoms with Crippen LogP contribution < -0.4 is 10.6 Å². The molecular weight excluding hydrogens is 621 g/mol. The maximum Gasteiger partial charge on any atom is 0.417 e. The Kier molecular flexibility index (Phi) is 10.7. The zero-order chi connectivity index (χ0) is 31.6. The van der Waals surface area contributed by atoms with Gasteiger partial charge < -0.3 is 15.4 Å². The summed E-state index contributed by atoms with van der Waals surface area (Å²) in [4.78, 5) is 24.7. The Hall–Kier alpha value is -2.63. The van der Waals surface area contributed by atoms with E-state index in [1.807, 2.05) is 0 Å². The molecule has 1 atom stereocenters. The third kappa shape index (κ3) is 10.3. The number of benzene rings is 2. The molecule has 0 spiro atoms. The zero-order valence-electron chi connectivity index (χ0n) is 22.5. The predicted octanol–water partition coefficient (Wildman–Crippen LogP) is 9.06. The molecule has 0 bridgehead atoms. The smallest absolute Gasteiger partial charge is 0.417 e. The summed E-state index contributed by atoms with van der Waals surface area (Å²) in [6.07, 6.45) is -9.15. The summed E-state index contributed by atoms with van der Waals surface area (Å²) in [5.41, 5.74) is -4.73. The molecule has 0 aliphatic carbocycles. The van der Waals surface area contributed by atoms with Crippen LogP contribution in [0.3, 0.4) is 0 Å². The third-order valence-corrected chi connectivity index (χ3v) is 6.52. The van der Waals surface area contributed by atoms with Crippen LogP contribution in [0.5, 0.6) is 0 Å². The molecule has 0 aromatic heterocycles. The average Bonchev–Trinajstić information content (AvgIpc) is 2.78. The molecule has 226 valence electrons. The van der Waals surface area contributed by atoms with Crippen molar-refractivity contribution in [2.75, 3.05) is 6.54 Å². The molecule has 0 saturated carbocycles. The van der Waals surface area contributed by atoms with Gasteiger partial charge in [0.15, 0.2) is 0 Å². The summed E-state index contributed by atoms with van der Waals surface area (Å²) in [6.45, 7) is 7.70. The number of amides is 2. The van der Waals surface area contributed by atoms with Crippen molar-refractivity contribution in [3.63, 3.8) is 0 Å². The van der Waals surface area contributed by atoms with E-state index in [4.69, 9.17) is 39.5 Å². The summed E-state index contributed by atoms with van der Waals surface area (Å²) in [7, 11) is 0. The Morgan fingerprint density at radius 2 is 1.49 bits per heavy atom. The highest BCUT2D eigenvalue weighted by molar-refractivity contribution is 6.48. The van der Waals surface area contributed by atoms with Crippen LogP contribution in [0.4, 0.5) is 31.1 Å². The van der Waals surface area contributed by atoms with Gasteiger partial charge in [0.1, 0.15) is 5.60 Å². The first-order valence-electron chi connectivity index (χ1n) is 11.9. The van der Waals surface area contributed by atoms with Gasteiger partial charge in [-0.1, -0.05) is 53.0 Å². The predicted molar refractivity (Wildman–Crippen MR) is 147 cm³/mol. The Morgan fingerprint density at radius 3 is 1.98 bits per heavy atom. The molecule has 0 saturated heterocycles. The van der Waals surface area contributed by atoms with Crippen LogP contribution in [-0.4, -0.2) is 35.9 Å². The lowest BCUT2D eigenvalue weighted by molar-refractivity contribution is -0.139. The zero-order valence-corrected chi connectivity index (χ0v) is 24.7. The van der Waals surface area contributed by atoms with Crippen molar-refractivity contribution < 1.29 is 40.7 Å². The van der Waals surface area contributed by atoms with E-state index >= 15 is 0 Å². The van der Waals surface area contributed by atoms with Crippen LogP contribution in [-0.2, 0) is 10.9 Å². The molecule has 0 fully saturated rings. The summed E-state index contributed by atoms with van der Waals surface area (Å²) in [5.74, 6) is -3.38. The molecule has 2 aromatic rings. The van der Waals surface area contributed by atoms with E-state index in [0.717, 1.165) is 30.3 Å². The quantitative estimate of drug-likeness (QED) is 0.233. The second-order valence-corrected chi connectivity index (χ2v) is 11.9. The standard InChI is InChI=1S/C27H27Cl3F6N2O3/c1-24(2,3)41-23(40)37-13-25(4,5)38-22(39)16-8-6-14(10-18(16)27(34,35)36)7-9-17(26(31,32)33)15-11-19(28)21(30)20(29)12-15/h6-12,17H,13H2,1-5H3,(H,37,40)(H,38,39). The fraction of sp³-hybridized carbons (Fsp3) is 0.407. The first kappa shape index (κ1) is 34.6. The highest BCUT2D eigenvalue weighted by atomic mass is 35.5. The number of hydrogen-bond donors (Lipinski definition) is 2. The van der Waals surface area contributed by atoms with Crippen LogP contribution in [0.15, 0.2) is 36.4 Å². The third-order valence-electron chi connectivity index (χ3n) is 5.32. The van der Waals surface area contributed by atoms with Gasteiger partial charge in [0.25, 0.3) is 5.91 Å². The highest BCUT2D eigenvalue weighted by Gasteiger charge is 2.40. The fourth-order valence-electron chi connectivity index (χ4n) is 3.50. The van der Waals surface area contributed by atoms with Crippen molar-refractivity contribution in [3.05, 3.63) is 73.7 Å². The van der Waals surface area contributed by atoms with Crippen LogP contribution >= 0.6 is 34.8 Å². The summed E-state index contributed by atoms with van der Waals surface area (Å²) in [6, 6.07) is 4.42. The van der Waals surface area contributed by atoms with Gasteiger partial charge in [0.2, 0.25) is 0 Å². The second kappa shape index (κ2) is 12.7. The van der Waals surface area contributed by atoms with Crippen LogP contribution in [0, 0.1) is 0 Å². The Balaban J connectivity index is 2.35. The molecule has 2 aromatic carbocycles. The molecule has 2 N–H and O–H groups in total. The van der Waals surface area contributed by atoms with E-state index in [0.29, 0.717) is 12.1 Å². The summed E-state index contributed by atoms with van der Waals surface area (Å²) < 4.78 is 88.3. The number of ether oxygens (including phenoxy) is 1. The summed E-state index contributed by atoms with van der Waals surface area (Å²) in [5, 5.41) is 4.25. The largest absolute Gasteiger partial charge is 0.444 e. The number of halogens is 9. The van der Waals surface area contributed by atoms with E-state index in [1.165, 1.54) is 13.8 Å². The Labute approximate surface area is 248 Å². The Bertz CT molecular complexity index is 1300. The van der Waals surface area contributed by atoms with Crippen molar-refractivity contribution in [3.8, 4) is 0 Å². The molecule has 0 aliphatic heterocycles. The molecular formula is C27H27Cl3F6N2O3. The maximum atomic E-state index is 13.9. The van der Waals surface area contributed by atoms with Gasteiger partial charge in [-0.05, 0) is 70.0 Å². The Morgan fingerprint density at radius 1 is 0.927 bits per heavy atom. The normalized spacial score (nSPS) is 13.7. The van der Waals surface area contributed by atoms with E-state index in [1.54, 1.807) is 20.8 Å². The second-order valence-electron chi connectivity index (χ2n) is 10.7. The molecule has 1 unspecified atom stereocenters. The topological polar surface area (TPSA) is 67.4 Å². The van der Waals surface area contributed by atoms with Crippen molar-refractivity contribution in [2.24, 2.45) is 0 Å². The molecule has 14 heteroatoms. The minimum atomic E-state index is -5.02. The number of hydrogen-bond acceptors (Lipinski definition) is 3. The van der Waals surface area contributed by atoms with Crippen LogP contribution in [0.2, 0.25) is 15.1 Å². The maximum absolute atomic E-state index is 13.9. The first-order chi connectivity index (χ1) is 18.5. The highest BCUT2D eigenvalue weighted by Crippen LogP contribution is 2.41. The van der Waals surface area contributed by atoms with Crippen molar-refractivity contribution in [1.82, 2.24) is 10.6 Å². The van der Waals surface area contributed by atoms with Gasteiger partial charge in [-0.25, -0.2) is 4.79 Å². The van der Waals surface area contributed by atoms with E-state index in [-0.39, 0.29) is 32.7 Å². The number of allylic oxidation sites excluding steroid dienone is 1. The van der Waals surface area contributed by atoms with Gasteiger partial charge in [-0.2, -0.15) is 26.3 Å². The van der Waals surface area contributed by atoms with Crippen LogP contribution in [0.1, 0.15) is 67.6 Å². The molecule has 2 rings (SSSR count). The number of rotatable bonds is 7. The minimum absolute atomic E-state index is 0.144. The fourth-order valence-corrected chi connectivity index (χ4v) is 4.11. The molecule has 0 heterocycles. The molecule has 0 radical (unpaired) electrons.